The molecule has 1 saturated heterocycles. The molecule has 1 amide bonds. The number of ether oxygens (including phenoxy) is 1. The summed E-state index contributed by atoms with van der Waals surface area (Å²) in [5.74, 6) is 1.11. The molecule has 1 aliphatic rings. The van der Waals surface area contributed by atoms with Crippen LogP contribution >= 0.6 is 15.9 Å². The van der Waals surface area contributed by atoms with E-state index in [9.17, 15) is 4.79 Å². The van der Waals surface area contributed by atoms with E-state index in [0.29, 0.717) is 19.5 Å². The van der Waals surface area contributed by atoms with Crippen LogP contribution in [0, 0.1) is 5.92 Å². The van der Waals surface area contributed by atoms with E-state index in [1.807, 2.05) is 18.2 Å². The number of halogens is 1. The van der Waals surface area contributed by atoms with Gasteiger partial charge in [0.05, 0.1) is 12.8 Å². The lowest BCUT2D eigenvalue weighted by Gasteiger charge is -2.19. The Kier molecular flexibility index (Phi) is 3.69. The highest BCUT2D eigenvalue weighted by molar-refractivity contribution is 9.10. The van der Waals surface area contributed by atoms with Crippen LogP contribution in [0.1, 0.15) is 6.42 Å². The monoisotopic (exact) mass is 298 g/mol. The van der Waals surface area contributed by atoms with Crippen molar-refractivity contribution in [2.75, 3.05) is 25.1 Å². The van der Waals surface area contributed by atoms with Crippen molar-refractivity contribution in [3.05, 3.63) is 22.7 Å². The molecule has 0 saturated carbocycles. The van der Waals surface area contributed by atoms with Crippen molar-refractivity contribution in [3.8, 4) is 5.75 Å². The number of nitrogens with two attached hydrogens (primary N) is 1. The van der Waals surface area contributed by atoms with Crippen molar-refractivity contribution < 1.29 is 9.53 Å². The molecule has 0 spiro atoms. The van der Waals surface area contributed by atoms with Crippen LogP contribution in [0.5, 0.6) is 5.75 Å². The van der Waals surface area contributed by atoms with Crippen LogP contribution in [0.2, 0.25) is 0 Å². The first kappa shape index (κ1) is 12.4. The number of hydrogen-bond donors (Lipinski definition) is 1. The maximum atomic E-state index is 11.9. The van der Waals surface area contributed by atoms with E-state index in [0.717, 1.165) is 15.9 Å². The molecule has 1 heterocycles. The lowest BCUT2D eigenvalue weighted by molar-refractivity contribution is -0.117. The lowest BCUT2D eigenvalue weighted by atomic mass is 10.1. The van der Waals surface area contributed by atoms with Gasteiger partial charge in [-0.25, -0.2) is 0 Å². The fourth-order valence-corrected chi connectivity index (χ4v) is 2.46. The van der Waals surface area contributed by atoms with E-state index in [1.165, 1.54) is 0 Å². The minimum atomic E-state index is 0.120. The highest BCUT2D eigenvalue weighted by Crippen LogP contribution is 2.34. The van der Waals surface area contributed by atoms with E-state index in [-0.39, 0.29) is 11.8 Å². The third-order valence-electron chi connectivity index (χ3n) is 2.98. The van der Waals surface area contributed by atoms with Crippen molar-refractivity contribution in [1.82, 2.24) is 0 Å². The van der Waals surface area contributed by atoms with Gasteiger partial charge >= 0.3 is 0 Å². The van der Waals surface area contributed by atoms with E-state index < -0.39 is 0 Å². The summed E-state index contributed by atoms with van der Waals surface area (Å²) in [7, 11) is 1.61. The van der Waals surface area contributed by atoms with E-state index in [4.69, 9.17) is 10.5 Å². The quantitative estimate of drug-likeness (QED) is 0.925. The van der Waals surface area contributed by atoms with Crippen LogP contribution in [-0.4, -0.2) is 26.1 Å². The molecular weight excluding hydrogens is 284 g/mol. The number of carbonyl (C=O) groups is 1. The van der Waals surface area contributed by atoms with Crippen molar-refractivity contribution in [2.45, 2.75) is 6.42 Å². The maximum absolute atomic E-state index is 11.9. The van der Waals surface area contributed by atoms with E-state index in [2.05, 4.69) is 15.9 Å². The summed E-state index contributed by atoms with van der Waals surface area (Å²) in [5, 5.41) is 0. The molecule has 1 aromatic rings. The van der Waals surface area contributed by atoms with Gasteiger partial charge in [-0.1, -0.05) is 0 Å². The Morgan fingerprint density at radius 3 is 2.94 bits per heavy atom. The van der Waals surface area contributed by atoms with Gasteiger partial charge < -0.3 is 15.4 Å². The number of benzene rings is 1. The van der Waals surface area contributed by atoms with Crippen LogP contribution in [0.25, 0.3) is 0 Å². The van der Waals surface area contributed by atoms with Crippen molar-refractivity contribution in [3.63, 3.8) is 0 Å². The Morgan fingerprint density at radius 2 is 2.35 bits per heavy atom. The Balaban J connectivity index is 2.30. The summed E-state index contributed by atoms with van der Waals surface area (Å²) >= 11 is 3.46. The molecule has 2 rings (SSSR count). The third kappa shape index (κ3) is 2.45. The molecule has 92 valence electrons. The SMILES string of the molecule is COc1ccc(Br)c(N2CC(CN)CC2=O)c1. The van der Waals surface area contributed by atoms with Gasteiger partial charge in [0.25, 0.3) is 0 Å². The minimum Gasteiger partial charge on any atom is -0.497 e. The fraction of sp³-hybridized carbons (Fsp3) is 0.417. The number of nitrogens with zero attached hydrogens (tertiary/aromatic N) is 1. The lowest BCUT2D eigenvalue weighted by Crippen LogP contribution is -2.26. The van der Waals surface area contributed by atoms with Gasteiger partial charge in [0, 0.05) is 23.5 Å². The molecule has 0 aromatic heterocycles. The smallest absolute Gasteiger partial charge is 0.227 e. The van der Waals surface area contributed by atoms with Gasteiger partial charge in [0.15, 0.2) is 0 Å². The van der Waals surface area contributed by atoms with Crippen molar-refractivity contribution in [2.24, 2.45) is 11.7 Å². The normalized spacial score (nSPS) is 19.8. The van der Waals surface area contributed by atoms with Gasteiger partial charge in [0.2, 0.25) is 5.91 Å². The number of carbonyl (C=O) groups excluding carboxylic acids is 1. The average Bonchev–Trinajstić information content (AvgIpc) is 2.71. The first-order valence-electron chi connectivity index (χ1n) is 5.49. The third-order valence-corrected chi connectivity index (χ3v) is 3.65. The summed E-state index contributed by atoms with van der Waals surface area (Å²) in [6.45, 7) is 1.23. The molecular formula is C12H15BrN2O2. The molecule has 0 radical (unpaired) electrons. The highest BCUT2D eigenvalue weighted by Gasteiger charge is 2.30. The number of anilines is 1. The van der Waals surface area contributed by atoms with Crippen LogP contribution in [0.15, 0.2) is 22.7 Å². The summed E-state index contributed by atoms with van der Waals surface area (Å²) in [4.78, 5) is 13.7. The summed E-state index contributed by atoms with van der Waals surface area (Å²) < 4.78 is 6.07. The van der Waals surface area contributed by atoms with E-state index >= 15 is 0 Å². The highest BCUT2D eigenvalue weighted by atomic mass is 79.9. The molecule has 0 bridgehead atoms. The minimum absolute atomic E-state index is 0.120. The molecule has 1 atom stereocenters. The number of rotatable bonds is 3. The Hall–Kier alpha value is -1.07. The summed E-state index contributed by atoms with van der Waals surface area (Å²) in [6, 6.07) is 5.60. The Labute approximate surface area is 109 Å². The standard InChI is InChI=1S/C12H15BrN2O2/c1-17-9-2-3-10(13)11(5-9)15-7-8(6-14)4-12(15)16/h2-3,5,8H,4,6-7,14H2,1H3. The molecule has 2 N–H and O–H groups in total. The number of amides is 1. The van der Waals surface area contributed by atoms with Crippen molar-refractivity contribution in [1.29, 1.82) is 0 Å². The predicted molar refractivity (Wildman–Crippen MR) is 70.2 cm³/mol. The first-order chi connectivity index (χ1) is 8.15. The summed E-state index contributed by atoms with van der Waals surface area (Å²) in [5.41, 5.74) is 6.47. The van der Waals surface area contributed by atoms with Gasteiger partial charge in [-0.05, 0) is 40.5 Å². The molecule has 1 aliphatic heterocycles. The van der Waals surface area contributed by atoms with E-state index in [1.54, 1.807) is 12.0 Å². The Morgan fingerprint density at radius 1 is 1.59 bits per heavy atom. The topological polar surface area (TPSA) is 55.6 Å². The van der Waals surface area contributed by atoms with Gasteiger partial charge in [-0.15, -0.1) is 0 Å². The molecule has 5 heteroatoms. The molecule has 1 fully saturated rings. The summed E-state index contributed by atoms with van der Waals surface area (Å²) in [6.07, 6.45) is 0.528. The second kappa shape index (κ2) is 5.06. The second-order valence-electron chi connectivity index (χ2n) is 4.13. The molecule has 17 heavy (non-hydrogen) atoms. The maximum Gasteiger partial charge on any atom is 0.227 e. The van der Waals surface area contributed by atoms with Crippen LogP contribution in [0.3, 0.4) is 0 Å². The van der Waals surface area contributed by atoms with Gasteiger partial charge in [-0.3, -0.25) is 4.79 Å². The van der Waals surface area contributed by atoms with Crippen molar-refractivity contribution >= 4 is 27.5 Å². The first-order valence-corrected chi connectivity index (χ1v) is 6.29. The largest absolute Gasteiger partial charge is 0.497 e. The van der Waals surface area contributed by atoms with Gasteiger partial charge in [-0.2, -0.15) is 0 Å². The fourth-order valence-electron chi connectivity index (χ4n) is 2.00. The zero-order chi connectivity index (χ0) is 12.4. The average molecular weight is 299 g/mol. The Bertz CT molecular complexity index is 437. The van der Waals surface area contributed by atoms with Gasteiger partial charge in [0.1, 0.15) is 5.75 Å². The molecule has 0 aliphatic carbocycles. The number of hydrogen-bond acceptors (Lipinski definition) is 3. The zero-order valence-electron chi connectivity index (χ0n) is 9.65. The molecule has 4 nitrogen and oxygen atoms in total. The molecule has 1 unspecified atom stereocenters. The van der Waals surface area contributed by atoms with Crippen LogP contribution in [0.4, 0.5) is 5.69 Å². The predicted octanol–water partition coefficient (Wildman–Crippen LogP) is 1.77. The van der Waals surface area contributed by atoms with Crippen LogP contribution < -0.4 is 15.4 Å². The van der Waals surface area contributed by atoms with Crippen LogP contribution in [-0.2, 0) is 4.79 Å². The second-order valence-corrected chi connectivity index (χ2v) is 4.98. The molecule has 1 aromatic carbocycles. The zero-order valence-corrected chi connectivity index (χ0v) is 11.2. The number of methoxy groups -OCH3 is 1.